The van der Waals surface area contributed by atoms with Crippen LogP contribution in [-0.2, 0) is 21.2 Å². The van der Waals surface area contributed by atoms with Crippen molar-refractivity contribution in [3.05, 3.63) is 65.4 Å². The first-order valence-electron chi connectivity index (χ1n) is 8.89. The molecular weight excluding hydrogens is 380 g/mol. The van der Waals surface area contributed by atoms with Crippen molar-refractivity contribution in [1.29, 1.82) is 0 Å². The second kappa shape index (κ2) is 8.14. The number of para-hydroxylation sites is 1. The number of Topliss-reactive ketones (excluding diaryl/α,β-unsaturated/α-hetero) is 1. The van der Waals surface area contributed by atoms with Gasteiger partial charge >= 0.3 is 0 Å². The van der Waals surface area contributed by atoms with Crippen molar-refractivity contribution in [3.8, 4) is 5.75 Å². The molecule has 1 heterocycles. The minimum absolute atomic E-state index is 0.0716. The van der Waals surface area contributed by atoms with Crippen LogP contribution in [0.1, 0.15) is 29.8 Å². The van der Waals surface area contributed by atoms with E-state index >= 15 is 0 Å². The number of rotatable bonds is 6. The van der Waals surface area contributed by atoms with Crippen LogP contribution < -0.4 is 15.2 Å². The number of ether oxygens (including phenoxy) is 2. The Morgan fingerprint density at radius 3 is 2.64 bits per heavy atom. The summed E-state index contributed by atoms with van der Waals surface area (Å²) < 4.78 is 35.0. The van der Waals surface area contributed by atoms with E-state index in [1.54, 1.807) is 37.3 Å². The summed E-state index contributed by atoms with van der Waals surface area (Å²) in [6.45, 7) is 4.14. The topological polar surface area (TPSA) is 108 Å². The fourth-order valence-corrected chi connectivity index (χ4v) is 3.62. The van der Waals surface area contributed by atoms with Gasteiger partial charge in [0.15, 0.2) is 5.78 Å². The average Bonchev–Trinajstić information content (AvgIpc) is 2.67. The summed E-state index contributed by atoms with van der Waals surface area (Å²) in [6, 6.07) is 11.6. The zero-order chi connectivity index (χ0) is 20.3. The molecule has 0 bridgehead atoms. The molecule has 0 saturated carbocycles. The third-order valence-electron chi connectivity index (χ3n) is 4.34. The lowest BCUT2D eigenvalue weighted by Crippen LogP contribution is -2.33. The molecule has 1 unspecified atom stereocenters. The Balaban J connectivity index is 2.00. The molecule has 7 nitrogen and oxygen atoms in total. The van der Waals surface area contributed by atoms with E-state index in [9.17, 15) is 13.2 Å². The van der Waals surface area contributed by atoms with Gasteiger partial charge in [0, 0.05) is 12.8 Å². The number of anilines is 1. The summed E-state index contributed by atoms with van der Waals surface area (Å²) in [5.41, 5.74) is 1.96. The predicted molar refractivity (Wildman–Crippen MR) is 106 cm³/mol. The van der Waals surface area contributed by atoms with E-state index in [0.29, 0.717) is 17.9 Å². The van der Waals surface area contributed by atoms with Crippen LogP contribution in [0, 0.1) is 0 Å². The van der Waals surface area contributed by atoms with E-state index in [-0.39, 0.29) is 21.9 Å². The minimum atomic E-state index is -3.92. The van der Waals surface area contributed by atoms with Crippen LogP contribution in [0.2, 0.25) is 0 Å². The van der Waals surface area contributed by atoms with Crippen LogP contribution in [0.25, 0.3) is 0 Å². The number of aryl methyl sites for hydroxylation is 1. The molecule has 0 aliphatic carbocycles. The first-order chi connectivity index (χ1) is 13.3. The molecule has 28 heavy (non-hydrogen) atoms. The summed E-state index contributed by atoms with van der Waals surface area (Å²) in [4.78, 5) is 13.0. The molecule has 2 aromatic rings. The fraction of sp³-hybridized carbons (Fsp3) is 0.250. The highest BCUT2D eigenvalue weighted by atomic mass is 32.2. The van der Waals surface area contributed by atoms with E-state index < -0.39 is 16.3 Å². The number of carbonyl (C=O) groups excluding carboxylic acids is 1. The number of benzene rings is 2. The normalized spacial score (nSPS) is 17.9. The maximum atomic E-state index is 13.1. The number of primary sulfonamides is 1. The standard InChI is InChI=1S/C20H22N2O5S/c1-3-13-9-10-17-14(11-13)19(23)15(20(27-17)26-4-2)12-22-16-7-5-6-8-18(16)28(21,24)25/h5-12,20,22H,3-4H2,1-2H3,(H2,21,24,25)/b15-12-. The monoisotopic (exact) mass is 402 g/mol. The molecule has 0 saturated heterocycles. The quantitative estimate of drug-likeness (QED) is 0.720. The van der Waals surface area contributed by atoms with Crippen LogP contribution in [-0.4, -0.2) is 27.1 Å². The van der Waals surface area contributed by atoms with Crippen molar-refractivity contribution in [2.75, 3.05) is 11.9 Å². The summed E-state index contributed by atoms with van der Waals surface area (Å²) in [7, 11) is -3.92. The molecule has 0 fully saturated rings. The Morgan fingerprint density at radius 2 is 1.96 bits per heavy atom. The smallest absolute Gasteiger partial charge is 0.240 e. The SMILES string of the molecule is CCOC1Oc2ccc(CC)cc2C(=O)/C1=C/Nc1ccccc1S(N)(=O)=O. The summed E-state index contributed by atoms with van der Waals surface area (Å²) >= 11 is 0. The van der Waals surface area contributed by atoms with Gasteiger partial charge in [0.05, 0.1) is 16.8 Å². The molecule has 1 aliphatic heterocycles. The van der Waals surface area contributed by atoms with Crippen LogP contribution in [0.3, 0.4) is 0 Å². The molecule has 0 amide bonds. The van der Waals surface area contributed by atoms with Gasteiger partial charge in [-0.1, -0.05) is 25.1 Å². The van der Waals surface area contributed by atoms with Crippen molar-refractivity contribution in [2.24, 2.45) is 5.14 Å². The third kappa shape index (κ3) is 4.09. The summed E-state index contributed by atoms with van der Waals surface area (Å²) in [5, 5.41) is 8.12. The van der Waals surface area contributed by atoms with E-state index in [1.807, 2.05) is 13.0 Å². The maximum Gasteiger partial charge on any atom is 0.240 e. The number of hydrogen-bond acceptors (Lipinski definition) is 6. The van der Waals surface area contributed by atoms with Gasteiger partial charge in [-0.3, -0.25) is 4.79 Å². The molecule has 1 atom stereocenters. The highest BCUT2D eigenvalue weighted by Crippen LogP contribution is 2.32. The van der Waals surface area contributed by atoms with Gasteiger partial charge < -0.3 is 14.8 Å². The maximum absolute atomic E-state index is 13.1. The van der Waals surface area contributed by atoms with Gasteiger partial charge in [0.25, 0.3) is 0 Å². The third-order valence-corrected chi connectivity index (χ3v) is 5.31. The Morgan fingerprint density at radius 1 is 1.21 bits per heavy atom. The second-order valence-corrected chi connectivity index (χ2v) is 7.73. The fourth-order valence-electron chi connectivity index (χ4n) is 2.92. The van der Waals surface area contributed by atoms with Crippen molar-refractivity contribution in [2.45, 2.75) is 31.5 Å². The Kier molecular flexibility index (Phi) is 5.83. The van der Waals surface area contributed by atoms with Gasteiger partial charge in [-0.05, 0) is 43.2 Å². The lowest BCUT2D eigenvalue weighted by atomic mass is 9.97. The zero-order valence-corrected chi connectivity index (χ0v) is 16.5. The minimum Gasteiger partial charge on any atom is -0.460 e. The number of nitrogens with one attached hydrogen (secondary N) is 1. The number of carbonyl (C=O) groups is 1. The molecule has 0 aromatic heterocycles. The largest absolute Gasteiger partial charge is 0.460 e. The summed E-state index contributed by atoms with van der Waals surface area (Å²) in [5.74, 6) is 0.221. The molecule has 8 heteroatoms. The van der Waals surface area contributed by atoms with Crippen molar-refractivity contribution < 1.29 is 22.7 Å². The van der Waals surface area contributed by atoms with E-state index in [0.717, 1.165) is 12.0 Å². The van der Waals surface area contributed by atoms with E-state index in [2.05, 4.69) is 5.32 Å². The highest BCUT2D eigenvalue weighted by molar-refractivity contribution is 7.89. The number of hydrogen-bond donors (Lipinski definition) is 2. The van der Waals surface area contributed by atoms with Crippen LogP contribution in [0.5, 0.6) is 5.75 Å². The average molecular weight is 402 g/mol. The van der Waals surface area contributed by atoms with Crippen molar-refractivity contribution >= 4 is 21.5 Å². The Bertz CT molecular complexity index is 1030. The molecule has 3 N–H and O–H groups in total. The lowest BCUT2D eigenvalue weighted by molar-refractivity contribution is -0.0509. The van der Waals surface area contributed by atoms with Crippen LogP contribution in [0.15, 0.2) is 59.1 Å². The van der Waals surface area contributed by atoms with Crippen molar-refractivity contribution in [1.82, 2.24) is 0 Å². The molecular formula is C20H22N2O5S. The van der Waals surface area contributed by atoms with Crippen LogP contribution in [0.4, 0.5) is 5.69 Å². The zero-order valence-electron chi connectivity index (χ0n) is 15.6. The molecule has 148 valence electrons. The molecule has 0 spiro atoms. The van der Waals surface area contributed by atoms with E-state index in [1.165, 1.54) is 12.3 Å². The first-order valence-corrected chi connectivity index (χ1v) is 10.4. The van der Waals surface area contributed by atoms with Crippen LogP contribution >= 0.6 is 0 Å². The molecule has 1 aliphatic rings. The van der Waals surface area contributed by atoms with Crippen molar-refractivity contribution in [3.63, 3.8) is 0 Å². The van der Waals surface area contributed by atoms with Gasteiger partial charge in [0.2, 0.25) is 16.3 Å². The van der Waals surface area contributed by atoms with Gasteiger partial charge in [-0.15, -0.1) is 0 Å². The number of fused-ring (bicyclic) bond motifs is 1. The van der Waals surface area contributed by atoms with Gasteiger partial charge in [-0.2, -0.15) is 0 Å². The predicted octanol–water partition coefficient (Wildman–Crippen LogP) is 2.83. The highest BCUT2D eigenvalue weighted by Gasteiger charge is 2.32. The molecule has 0 radical (unpaired) electrons. The Labute approximate surface area is 164 Å². The lowest BCUT2D eigenvalue weighted by Gasteiger charge is -2.27. The Hall–Kier alpha value is -2.68. The van der Waals surface area contributed by atoms with Gasteiger partial charge in [0.1, 0.15) is 10.6 Å². The second-order valence-electron chi connectivity index (χ2n) is 6.20. The number of sulfonamides is 1. The molecule has 3 rings (SSSR count). The first kappa shape index (κ1) is 20.1. The van der Waals surface area contributed by atoms with Gasteiger partial charge in [-0.25, -0.2) is 13.6 Å². The number of nitrogens with two attached hydrogens (primary N) is 1. The molecule has 2 aromatic carbocycles. The number of ketones is 1. The van der Waals surface area contributed by atoms with E-state index in [4.69, 9.17) is 14.6 Å². The summed E-state index contributed by atoms with van der Waals surface area (Å²) in [6.07, 6.45) is 1.30.